The van der Waals surface area contributed by atoms with Gasteiger partial charge < -0.3 is 4.98 Å². The second kappa shape index (κ2) is 7.40. The van der Waals surface area contributed by atoms with Gasteiger partial charge in [-0.25, -0.2) is 0 Å². The largest absolute Gasteiger partial charge is 0.326 e. The number of fused-ring (bicyclic) bond motifs is 4. The summed E-state index contributed by atoms with van der Waals surface area (Å²) in [7, 11) is 0. The Labute approximate surface area is 170 Å². The fourth-order valence-electron chi connectivity index (χ4n) is 4.57. The molecule has 0 saturated heterocycles. The van der Waals surface area contributed by atoms with Crippen molar-refractivity contribution in [2.24, 2.45) is 10.9 Å². The highest BCUT2D eigenvalue weighted by molar-refractivity contribution is 6.41. The molecule has 2 atom stereocenters. The lowest BCUT2D eigenvalue weighted by Crippen LogP contribution is -2.40. The number of halogens is 1. The summed E-state index contributed by atoms with van der Waals surface area (Å²) < 4.78 is 0. The number of rotatable bonds is 3. The van der Waals surface area contributed by atoms with E-state index in [0.717, 1.165) is 29.7 Å². The second-order valence-corrected chi connectivity index (χ2v) is 7.95. The Bertz CT molecular complexity index is 1080. The predicted molar refractivity (Wildman–Crippen MR) is 117 cm³/mol. The van der Waals surface area contributed by atoms with Crippen LogP contribution in [0, 0.1) is 5.92 Å². The van der Waals surface area contributed by atoms with E-state index in [4.69, 9.17) is 16.6 Å². The monoisotopic (exact) mass is 390 g/mol. The molecule has 0 amide bonds. The molecular formula is C24H23ClN2O. The number of H-pyrrole nitrogens is 1. The van der Waals surface area contributed by atoms with Crippen LogP contribution in [0.1, 0.15) is 37.1 Å². The van der Waals surface area contributed by atoms with Crippen molar-refractivity contribution in [2.45, 2.75) is 32.2 Å². The standard InChI is InChI=1S/C24H23ClN2O/c1-3-20-18-11-16(2)14-24(20,21-9-10-23(28)27-22(21)13-18)26-15-19(25)12-17-7-5-4-6-8-17/h3-12,15,18H,13-14H2,1-2H3,(H,27,28)/b19-12-,20-3+,26-15+/t18-,24+/m0/s1. The molecule has 0 saturated carbocycles. The van der Waals surface area contributed by atoms with Gasteiger partial charge in [0.15, 0.2) is 0 Å². The quantitative estimate of drug-likeness (QED) is 0.554. The lowest BCUT2D eigenvalue weighted by molar-refractivity contribution is 0.413. The van der Waals surface area contributed by atoms with Crippen molar-refractivity contribution in [2.75, 3.05) is 0 Å². The van der Waals surface area contributed by atoms with Crippen LogP contribution in [0.25, 0.3) is 6.08 Å². The molecular weight excluding hydrogens is 368 g/mol. The first-order valence-electron chi connectivity index (χ1n) is 9.56. The van der Waals surface area contributed by atoms with Crippen molar-refractivity contribution < 1.29 is 0 Å². The first-order valence-corrected chi connectivity index (χ1v) is 9.94. The number of aromatic nitrogens is 1. The fourth-order valence-corrected chi connectivity index (χ4v) is 4.74. The van der Waals surface area contributed by atoms with Gasteiger partial charge in [0.25, 0.3) is 0 Å². The number of allylic oxidation sites excluding steroid dienone is 3. The second-order valence-electron chi connectivity index (χ2n) is 7.52. The number of hydrogen-bond donors (Lipinski definition) is 1. The highest BCUT2D eigenvalue weighted by Crippen LogP contribution is 2.51. The molecule has 3 nitrogen and oxygen atoms in total. The smallest absolute Gasteiger partial charge is 0.248 e. The number of nitrogens with zero attached hydrogens (tertiary/aromatic N) is 1. The minimum atomic E-state index is -0.513. The van der Waals surface area contributed by atoms with Gasteiger partial charge in [0.2, 0.25) is 5.56 Å². The molecule has 1 aromatic carbocycles. The first kappa shape index (κ1) is 18.7. The number of aromatic amines is 1. The third-order valence-corrected chi connectivity index (χ3v) is 5.80. The molecule has 2 aliphatic carbocycles. The highest BCUT2D eigenvalue weighted by Gasteiger charge is 2.46. The van der Waals surface area contributed by atoms with E-state index >= 15 is 0 Å². The van der Waals surface area contributed by atoms with Crippen LogP contribution in [-0.4, -0.2) is 11.2 Å². The summed E-state index contributed by atoms with van der Waals surface area (Å²) in [4.78, 5) is 20.0. The first-order chi connectivity index (χ1) is 13.5. The summed E-state index contributed by atoms with van der Waals surface area (Å²) in [5.74, 6) is 0.248. The van der Waals surface area contributed by atoms with E-state index in [-0.39, 0.29) is 11.5 Å². The van der Waals surface area contributed by atoms with Gasteiger partial charge in [0.05, 0.1) is 5.03 Å². The molecule has 28 heavy (non-hydrogen) atoms. The summed E-state index contributed by atoms with van der Waals surface area (Å²) in [5.41, 5.74) is 5.10. The molecule has 0 aliphatic heterocycles. The molecule has 0 radical (unpaired) electrons. The normalized spacial score (nSPS) is 25.7. The van der Waals surface area contributed by atoms with E-state index in [1.807, 2.05) is 42.5 Å². The summed E-state index contributed by atoms with van der Waals surface area (Å²) in [5, 5.41) is 0.580. The molecule has 4 rings (SSSR count). The van der Waals surface area contributed by atoms with Gasteiger partial charge in [-0.3, -0.25) is 9.79 Å². The Balaban J connectivity index is 1.83. The van der Waals surface area contributed by atoms with E-state index in [9.17, 15) is 4.79 Å². The zero-order chi connectivity index (χ0) is 19.7. The molecule has 4 heteroatoms. The van der Waals surface area contributed by atoms with Crippen molar-refractivity contribution in [3.63, 3.8) is 0 Å². The minimum Gasteiger partial charge on any atom is -0.326 e. The average Bonchev–Trinajstić information content (AvgIpc) is 2.66. The predicted octanol–water partition coefficient (Wildman–Crippen LogP) is 5.39. The van der Waals surface area contributed by atoms with Crippen LogP contribution >= 0.6 is 11.6 Å². The minimum absolute atomic E-state index is 0.0670. The molecule has 0 unspecified atom stereocenters. The fraction of sp³-hybridized carbons (Fsp3) is 0.250. The zero-order valence-electron chi connectivity index (χ0n) is 16.1. The van der Waals surface area contributed by atoms with Crippen LogP contribution in [-0.2, 0) is 12.0 Å². The molecule has 0 fully saturated rings. The highest BCUT2D eigenvalue weighted by atomic mass is 35.5. The molecule has 2 bridgehead atoms. The van der Waals surface area contributed by atoms with E-state index < -0.39 is 5.54 Å². The zero-order valence-corrected chi connectivity index (χ0v) is 16.8. The number of pyridine rings is 1. The third-order valence-electron chi connectivity index (χ3n) is 5.59. The van der Waals surface area contributed by atoms with Gasteiger partial charge in [-0.1, -0.05) is 59.7 Å². The number of nitrogens with one attached hydrogen (secondary N) is 1. The summed E-state index contributed by atoms with van der Waals surface area (Å²) >= 11 is 6.51. The summed E-state index contributed by atoms with van der Waals surface area (Å²) in [6, 6.07) is 13.5. The topological polar surface area (TPSA) is 45.2 Å². The Morgan fingerprint density at radius 2 is 2.04 bits per heavy atom. The Morgan fingerprint density at radius 3 is 2.79 bits per heavy atom. The van der Waals surface area contributed by atoms with Crippen molar-refractivity contribution in [3.05, 3.63) is 98.0 Å². The van der Waals surface area contributed by atoms with Gasteiger partial charge in [-0.05, 0) is 43.5 Å². The average molecular weight is 391 g/mol. The molecule has 0 spiro atoms. The molecule has 2 aliphatic rings. The Kier molecular flexibility index (Phi) is 4.94. The molecule has 1 N–H and O–H groups in total. The lowest BCUT2D eigenvalue weighted by atomic mass is 9.63. The lowest BCUT2D eigenvalue weighted by Gasteiger charge is -2.45. The van der Waals surface area contributed by atoms with Gasteiger partial charge in [0, 0.05) is 35.9 Å². The van der Waals surface area contributed by atoms with E-state index in [2.05, 4.69) is 31.0 Å². The summed E-state index contributed by atoms with van der Waals surface area (Å²) in [6.45, 7) is 4.22. The van der Waals surface area contributed by atoms with Crippen molar-refractivity contribution >= 4 is 23.9 Å². The van der Waals surface area contributed by atoms with E-state index in [1.165, 1.54) is 11.1 Å². The van der Waals surface area contributed by atoms with Gasteiger partial charge in [-0.15, -0.1) is 0 Å². The Morgan fingerprint density at radius 1 is 1.25 bits per heavy atom. The maximum Gasteiger partial charge on any atom is 0.248 e. The van der Waals surface area contributed by atoms with E-state index in [1.54, 1.807) is 12.3 Å². The SMILES string of the molecule is C/C=C1\[C@H]2C=C(C)C[C@]1(/N=C/C(Cl)=C/c1ccccc1)c1ccc(=O)[nH]c1C2. The number of aliphatic imine (C=N–C) groups is 1. The number of hydrogen-bond acceptors (Lipinski definition) is 2. The Hall–Kier alpha value is -2.65. The van der Waals surface area contributed by atoms with Crippen molar-refractivity contribution in [1.29, 1.82) is 0 Å². The van der Waals surface area contributed by atoms with Crippen LogP contribution in [0.4, 0.5) is 0 Å². The van der Waals surface area contributed by atoms with Crippen LogP contribution in [0.3, 0.4) is 0 Å². The van der Waals surface area contributed by atoms with Crippen LogP contribution in [0.5, 0.6) is 0 Å². The molecule has 142 valence electrons. The third kappa shape index (κ3) is 3.31. The maximum absolute atomic E-state index is 11.9. The number of benzene rings is 1. The maximum atomic E-state index is 11.9. The van der Waals surface area contributed by atoms with Gasteiger partial charge in [0.1, 0.15) is 5.54 Å². The molecule has 2 aromatic rings. The van der Waals surface area contributed by atoms with Crippen molar-refractivity contribution in [1.82, 2.24) is 4.98 Å². The van der Waals surface area contributed by atoms with Crippen LogP contribution in [0.2, 0.25) is 0 Å². The van der Waals surface area contributed by atoms with E-state index in [0.29, 0.717) is 5.03 Å². The van der Waals surface area contributed by atoms with Crippen molar-refractivity contribution in [3.8, 4) is 0 Å². The van der Waals surface area contributed by atoms with Crippen LogP contribution in [0.15, 0.2) is 80.6 Å². The van der Waals surface area contributed by atoms with Gasteiger partial charge >= 0.3 is 0 Å². The molecule has 1 aromatic heterocycles. The molecule has 1 heterocycles. The van der Waals surface area contributed by atoms with Crippen LogP contribution < -0.4 is 5.56 Å². The summed E-state index contributed by atoms with van der Waals surface area (Å²) in [6.07, 6.45) is 9.73. The van der Waals surface area contributed by atoms with Gasteiger partial charge in [-0.2, -0.15) is 0 Å².